The summed E-state index contributed by atoms with van der Waals surface area (Å²) in [4.78, 5) is 6.80. The average molecular weight is 441 g/mol. The van der Waals surface area contributed by atoms with E-state index in [2.05, 4.69) is 60.4 Å². The van der Waals surface area contributed by atoms with Crippen molar-refractivity contribution in [3.05, 3.63) is 89.2 Å². The fourth-order valence-corrected chi connectivity index (χ4v) is 4.61. The highest BCUT2D eigenvalue weighted by Crippen LogP contribution is 2.48. The van der Waals surface area contributed by atoms with E-state index in [0.717, 1.165) is 58.5 Å². The Hall–Kier alpha value is -3.64. The first-order valence-electron chi connectivity index (χ1n) is 11.2. The van der Waals surface area contributed by atoms with Gasteiger partial charge >= 0.3 is 0 Å². The lowest BCUT2D eigenvalue weighted by molar-refractivity contribution is 0.379. The molecule has 4 aromatic rings. The van der Waals surface area contributed by atoms with Gasteiger partial charge in [0.2, 0.25) is 5.88 Å². The SMILES string of the molecule is COc1ccc([C@H]2c3c(ncn(CCCN(C)C)c3=N)Oc3ccc4ccccc4c32)cc1. The summed E-state index contributed by atoms with van der Waals surface area (Å²) >= 11 is 0. The quantitative estimate of drug-likeness (QED) is 0.413. The lowest BCUT2D eigenvalue weighted by atomic mass is 9.81. The predicted molar refractivity (Wildman–Crippen MR) is 129 cm³/mol. The van der Waals surface area contributed by atoms with Gasteiger partial charge in [0, 0.05) is 18.0 Å². The Morgan fingerprint density at radius 2 is 1.82 bits per heavy atom. The molecule has 0 saturated heterocycles. The molecule has 5 rings (SSSR count). The van der Waals surface area contributed by atoms with Crippen molar-refractivity contribution >= 4 is 10.8 Å². The number of benzene rings is 3. The topological polar surface area (TPSA) is 63.4 Å². The molecule has 2 heterocycles. The summed E-state index contributed by atoms with van der Waals surface area (Å²) in [6.45, 7) is 1.68. The van der Waals surface area contributed by atoms with E-state index < -0.39 is 0 Å². The van der Waals surface area contributed by atoms with Gasteiger partial charge in [-0.3, -0.25) is 5.41 Å². The van der Waals surface area contributed by atoms with Crippen molar-refractivity contribution in [2.75, 3.05) is 27.7 Å². The summed E-state index contributed by atoms with van der Waals surface area (Å²) in [5.74, 6) is 1.94. The van der Waals surface area contributed by atoms with Gasteiger partial charge in [0.25, 0.3) is 0 Å². The molecule has 0 unspecified atom stereocenters. The number of ether oxygens (including phenoxy) is 2. The highest BCUT2D eigenvalue weighted by atomic mass is 16.5. The minimum atomic E-state index is -0.165. The van der Waals surface area contributed by atoms with Crippen LogP contribution in [-0.4, -0.2) is 42.2 Å². The normalized spacial score (nSPS) is 14.6. The lowest BCUT2D eigenvalue weighted by Gasteiger charge is -2.30. The summed E-state index contributed by atoms with van der Waals surface area (Å²) in [7, 11) is 5.80. The van der Waals surface area contributed by atoms with Crippen LogP contribution in [0.3, 0.4) is 0 Å². The Morgan fingerprint density at radius 1 is 1.03 bits per heavy atom. The molecule has 0 aliphatic carbocycles. The molecule has 0 bridgehead atoms. The molecule has 33 heavy (non-hydrogen) atoms. The second-order valence-electron chi connectivity index (χ2n) is 8.67. The minimum Gasteiger partial charge on any atom is -0.497 e. The van der Waals surface area contributed by atoms with Gasteiger partial charge in [0.05, 0.1) is 12.7 Å². The highest BCUT2D eigenvalue weighted by molar-refractivity contribution is 5.90. The van der Waals surface area contributed by atoms with Gasteiger partial charge in [-0.1, -0.05) is 42.5 Å². The van der Waals surface area contributed by atoms with Gasteiger partial charge in [-0.15, -0.1) is 0 Å². The molecular formula is C27H28N4O2. The molecule has 0 saturated carbocycles. The number of nitrogens with one attached hydrogen (secondary N) is 1. The second kappa shape index (κ2) is 8.71. The zero-order chi connectivity index (χ0) is 22.9. The molecule has 0 radical (unpaired) electrons. The third-order valence-corrected chi connectivity index (χ3v) is 6.26. The average Bonchev–Trinajstić information content (AvgIpc) is 2.84. The van der Waals surface area contributed by atoms with Crippen molar-refractivity contribution in [1.29, 1.82) is 5.41 Å². The van der Waals surface area contributed by atoms with Crippen molar-refractivity contribution < 1.29 is 9.47 Å². The van der Waals surface area contributed by atoms with Crippen molar-refractivity contribution in [2.45, 2.75) is 18.9 Å². The molecule has 0 spiro atoms. The summed E-state index contributed by atoms with van der Waals surface area (Å²) in [6, 6.07) is 20.5. The van der Waals surface area contributed by atoms with Crippen molar-refractivity contribution in [3.8, 4) is 17.4 Å². The van der Waals surface area contributed by atoms with E-state index in [1.54, 1.807) is 13.4 Å². The number of rotatable bonds is 6. The first-order valence-corrected chi connectivity index (χ1v) is 11.2. The molecule has 6 heteroatoms. The van der Waals surface area contributed by atoms with E-state index >= 15 is 0 Å². The van der Waals surface area contributed by atoms with Gasteiger partial charge in [0.15, 0.2) is 0 Å². The first kappa shape index (κ1) is 21.2. The van der Waals surface area contributed by atoms with Crippen molar-refractivity contribution in [1.82, 2.24) is 14.5 Å². The maximum absolute atomic E-state index is 9.12. The largest absolute Gasteiger partial charge is 0.497 e. The lowest BCUT2D eigenvalue weighted by Crippen LogP contribution is -2.30. The smallest absolute Gasteiger partial charge is 0.228 e. The molecule has 0 fully saturated rings. The summed E-state index contributed by atoms with van der Waals surface area (Å²) in [6.07, 6.45) is 2.67. The maximum atomic E-state index is 9.12. The molecule has 1 aromatic heterocycles. The minimum absolute atomic E-state index is 0.165. The van der Waals surface area contributed by atoms with E-state index in [4.69, 9.17) is 14.9 Å². The molecular weight excluding hydrogens is 412 g/mol. The standard InChI is InChI=1S/C27H28N4O2/c1-30(2)15-6-16-31-17-29-27-25(26(31)28)23(19-9-12-20(32-3)13-10-19)24-21-8-5-4-7-18(21)11-14-22(24)33-27/h4-5,7-14,17,23,28H,6,15-16H2,1-3H3/t23-/m1/s1. The Labute approximate surface area is 193 Å². The maximum Gasteiger partial charge on any atom is 0.228 e. The molecule has 6 nitrogen and oxygen atoms in total. The van der Waals surface area contributed by atoms with Crippen LogP contribution in [0.2, 0.25) is 0 Å². The summed E-state index contributed by atoms with van der Waals surface area (Å²) in [5.41, 5.74) is 3.40. The number of hydrogen-bond acceptors (Lipinski definition) is 5. The van der Waals surface area contributed by atoms with E-state index in [0.29, 0.717) is 11.4 Å². The van der Waals surface area contributed by atoms with E-state index in [1.165, 1.54) is 0 Å². The highest BCUT2D eigenvalue weighted by Gasteiger charge is 2.33. The molecule has 168 valence electrons. The van der Waals surface area contributed by atoms with Crippen molar-refractivity contribution in [2.24, 2.45) is 0 Å². The van der Waals surface area contributed by atoms with Gasteiger partial charge < -0.3 is 18.9 Å². The van der Waals surface area contributed by atoms with Crippen LogP contribution in [0, 0.1) is 5.41 Å². The Morgan fingerprint density at radius 3 is 2.58 bits per heavy atom. The summed E-state index contributed by atoms with van der Waals surface area (Å²) < 4.78 is 13.6. The molecule has 0 amide bonds. The van der Waals surface area contributed by atoms with Gasteiger partial charge in [-0.05, 0) is 61.6 Å². The molecule has 3 aromatic carbocycles. The Balaban J connectivity index is 1.71. The van der Waals surface area contributed by atoms with Gasteiger partial charge in [0.1, 0.15) is 23.3 Å². The van der Waals surface area contributed by atoms with Crippen molar-refractivity contribution in [3.63, 3.8) is 0 Å². The summed E-state index contributed by atoms with van der Waals surface area (Å²) in [5, 5.41) is 11.4. The van der Waals surface area contributed by atoms with Crippen LogP contribution in [0.1, 0.15) is 29.0 Å². The van der Waals surface area contributed by atoms with Crippen LogP contribution in [0.5, 0.6) is 17.4 Å². The number of aryl methyl sites for hydroxylation is 1. The Bertz CT molecular complexity index is 1360. The van der Waals surface area contributed by atoms with E-state index in [-0.39, 0.29) is 5.92 Å². The predicted octanol–water partition coefficient (Wildman–Crippen LogP) is 4.76. The third kappa shape index (κ3) is 3.87. The molecule has 1 aliphatic heterocycles. The van der Waals surface area contributed by atoms with Gasteiger partial charge in [-0.25, -0.2) is 4.98 Å². The van der Waals surface area contributed by atoms with Crippen LogP contribution in [0.15, 0.2) is 67.0 Å². The van der Waals surface area contributed by atoms with Crippen LogP contribution in [0.25, 0.3) is 10.8 Å². The number of methoxy groups -OCH3 is 1. The molecule has 1 atom stereocenters. The molecule has 1 aliphatic rings. The fraction of sp³-hybridized carbons (Fsp3) is 0.259. The van der Waals surface area contributed by atoms with Crippen LogP contribution in [0.4, 0.5) is 0 Å². The number of fused-ring (bicyclic) bond motifs is 4. The Kier molecular flexibility index (Phi) is 5.60. The third-order valence-electron chi connectivity index (χ3n) is 6.26. The second-order valence-corrected chi connectivity index (χ2v) is 8.67. The zero-order valence-corrected chi connectivity index (χ0v) is 19.2. The van der Waals surface area contributed by atoms with Crippen LogP contribution in [-0.2, 0) is 6.54 Å². The van der Waals surface area contributed by atoms with Gasteiger partial charge in [-0.2, -0.15) is 0 Å². The zero-order valence-electron chi connectivity index (χ0n) is 19.2. The number of nitrogens with zero attached hydrogens (tertiary/aromatic N) is 3. The van der Waals surface area contributed by atoms with Crippen LogP contribution < -0.4 is 15.0 Å². The van der Waals surface area contributed by atoms with E-state index in [1.807, 2.05) is 28.8 Å². The molecule has 1 N–H and O–H groups in total. The number of aromatic nitrogens is 2. The number of hydrogen-bond donors (Lipinski definition) is 1. The first-order chi connectivity index (χ1) is 16.1. The van der Waals surface area contributed by atoms with E-state index in [9.17, 15) is 0 Å². The fourth-order valence-electron chi connectivity index (χ4n) is 4.61. The van der Waals surface area contributed by atoms with Crippen LogP contribution >= 0.6 is 0 Å². The monoisotopic (exact) mass is 440 g/mol.